The molecule has 3 aromatic rings. The molecule has 6 nitrogen and oxygen atoms in total. The van der Waals surface area contributed by atoms with Crippen molar-refractivity contribution >= 4 is 42.4 Å². The lowest BCUT2D eigenvalue weighted by Gasteiger charge is -2.23. The van der Waals surface area contributed by atoms with Crippen LogP contribution in [0.4, 0.5) is 5.13 Å². The molecule has 0 spiro atoms. The fourth-order valence-electron chi connectivity index (χ4n) is 3.74. The SMILES string of the molecule is Cc1cc(C)c2sc(N(CC3CCCO3)C(=O)c3cccc(S(C)(=O)=O)c3)nc2c1. The third-order valence-electron chi connectivity index (χ3n) is 5.20. The highest BCUT2D eigenvalue weighted by Crippen LogP contribution is 2.33. The smallest absolute Gasteiger partial charge is 0.260 e. The van der Waals surface area contributed by atoms with Gasteiger partial charge in [-0.3, -0.25) is 9.69 Å². The molecule has 1 aromatic heterocycles. The minimum absolute atomic E-state index is 0.0538. The van der Waals surface area contributed by atoms with Gasteiger partial charge in [-0.25, -0.2) is 13.4 Å². The van der Waals surface area contributed by atoms with Gasteiger partial charge in [0.2, 0.25) is 0 Å². The first-order valence-electron chi connectivity index (χ1n) is 9.84. The average Bonchev–Trinajstić information content (AvgIpc) is 3.34. The molecule has 1 atom stereocenters. The van der Waals surface area contributed by atoms with Crippen molar-refractivity contribution in [2.24, 2.45) is 0 Å². The molecule has 158 valence electrons. The monoisotopic (exact) mass is 444 g/mol. The van der Waals surface area contributed by atoms with E-state index in [0.717, 1.165) is 40.4 Å². The zero-order valence-corrected chi connectivity index (χ0v) is 18.8. The number of aromatic nitrogens is 1. The number of amides is 1. The Bertz CT molecular complexity index is 1210. The van der Waals surface area contributed by atoms with E-state index in [1.807, 2.05) is 19.9 Å². The van der Waals surface area contributed by atoms with E-state index in [-0.39, 0.29) is 16.9 Å². The zero-order valence-electron chi connectivity index (χ0n) is 17.2. The van der Waals surface area contributed by atoms with E-state index >= 15 is 0 Å². The van der Waals surface area contributed by atoms with Gasteiger partial charge in [0.05, 0.1) is 27.8 Å². The molecule has 0 radical (unpaired) electrons. The molecule has 30 heavy (non-hydrogen) atoms. The Balaban J connectivity index is 1.77. The standard InChI is InChI=1S/C22H24N2O4S2/c1-14-10-15(2)20-19(11-14)23-22(29-20)24(13-17-7-5-9-28-17)21(25)16-6-4-8-18(12-16)30(3,26)27/h4,6,8,10-12,17H,5,7,9,13H2,1-3H3. The minimum atomic E-state index is -3.41. The summed E-state index contributed by atoms with van der Waals surface area (Å²) in [6.45, 7) is 5.14. The predicted octanol–water partition coefficient (Wildman–Crippen LogP) is 4.14. The second-order valence-corrected chi connectivity index (χ2v) is 10.8. The van der Waals surface area contributed by atoms with E-state index in [4.69, 9.17) is 9.72 Å². The number of aryl methyl sites for hydroxylation is 2. The number of benzene rings is 2. The first kappa shape index (κ1) is 21.0. The van der Waals surface area contributed by atoms with Gasteiger partial charge in [-0.05, 0) is 62.1 Å². The van der Waals surface area contributed by atoms with Crippen LogP contribution < -0.4 is 4.90 Å². The Morgan fingerprint density at radius 1 is 1.27 bits per heavy atom. The summed E-state index contributed by atoms with van der Waals surface area (Å²) in [6.07, 6.45) is 2.94. The molecule has 8 heteroatoms. The fraction of sp³-hybridized carbons (Fsp3) is 0.364. The van der Waals surface area contributed by atoms with Gasteiger partial charge in [0.15, 0.2) is 15.0 Å². The van der Waals surface area contributed by atoms with Crippen LogP contribution in [0.15, 0.2) is 41.3 Å². The van der Waals surface area contributed by atoms with Crippen molar-refractivity contribution in [3.63, 3.8) is 0 Å². The van der Waals surface area contributed by atoms with Gasteiger partial charge in [-0.15, -0.1) is 0 Å². The average molecular weight is 445 g/mol. The molecule has 1 aliphatic heterocycles. The molecular formula is C22H24N2O4S2. The number of thiazole rings is 1. The third-order valence-corrected chi connectivity index (χ3v) is 7.54. The van der Waals surface area contributed by atoms with E-state index in [1.165, 1.54) is 23.5 Å². The maximum atomic E-state index is 13.5. The van der Waals surface area contributed by atoms with Gasteiger partial charge in [-0.2, -0.15) is 0 Å². The van der Waals surface area contributed by atoms with Crippen LogP contribution in [0, 0.1) is 13.8 Å². The molecule has 1 aliphatic rings. The van der Waals surface area contributed by atoms with Crippen LogP contribution in [0.25, 0.3) is 10.2 Å². The van der Waals surface area contributed by atoms with Crippen molar-refractivity contribution in [2.75, 3.05) is 24.3 Å². The van der Waals surface area contributed by atoms with Crippen molar-refractivity contribution in [3.8, 4) is 0 Å². The number of anilines is 1. The molecule has 1 saturated heterocycles. The topological polar surface area (TPSA) is 76.6 Å². The number of carbonyl (C=O) groups is 1. The molecule has 0 N–H and O–H groups in total. The molecule has 2 heterocycles. The highest BCUT2D eigenvalue weighted by Gasteiger charge is 2.28. The van der Waals surface area contributed by atoms with Gasteiger partial charge >= 0.3 is 0 Å². The van der Waals surface area contributed by atoms with Crippen LogP contribution in [0.1, 0.15) is 34.3 Å². The molecule has 0 aliphatic carbocycles. The van der Waals surface area contributed by atoms with Crippen LogP contribution in [-0.4, -0.2) is 44.8 Å². The van der Waals surface area contributed by atoms with E-state index in [0.29, 0.717) is 23.8 Å². The van der Waals surface area contributed by atoms with Crippen LogP contribution in [0.3, 0.4) is 0 Å². The maximum absolute atomic E-state index is 13.5. The van der Waals surface area contributed by atoms with Gasteiger partial charge in [0, 0.05) is 18.4 Å². The van der Waals surface area contributed by atoms with Crippen molar-refractivity contribution in [2.45, 2.75) is 37.7 Å². The Hall–Kier alpha value is -2.29. The summed E-state index contributed by atoms with van der Waals surface area (Å²) in [6, 6.07) is 10.3. The van der Waals surface area contributed by atoms with Crippen LogP contribution in [0.5, 0.6) is 0 Å². The molecule has 1 amide bonds. The molecule has 0 bridgehead atoms. The summed E-state index contributed by atoms with van der Waals surface area (Å²) in [4.78, 5) is 20.0. The molecular weight excluding hydrogens is 420 g/mol. The van der Waals surface area contributed by atoms with Crippen LogP contribution in [-0.2, 0) is 14.6 Å². The lowest BCUT2D eigenvalue weighted by Crippen LogP contribution is -2.37. The summed E-state index contributed by atoms with van der Waals surface area (Å²) >= 11 is 1.48. The van der Waals surface area contributed by atoms with Crippen molar-refractivity contribution < 1.29 is 17.9 Å². The summed E-state index contributed by atoms with van der Waals surface area (Å²) < 4.78 is 30.7. The van der Waals surface area contributed by atoms with E-state index in [9.17, 15) is 13.2 Å². The highest BCUT2D eigenvalue weighted by atomic mass is 32.2. The Morgan fingerprint density at radius 3 is 2.77 bits per heavy atom. The molecule has 1 fully saturated rings. The van der Waals surface area contributed by atoms with E-state index < -0.39 is 9.84 Å². The summed E-state index contributed by atoms with van der Waals surface area (Å²) in [5.41, 5.74) is 3.43. The summed E-state index contributed by atoms with van der Waals surface area (Å²) in [5, 5.41) is 0.601. The predicted molar refractivity (Wildman–Crippen MR) is 119 cm³/mol. The minimum Gasteiger partial charge on any atom is -0.376 e. The number of sulfone groups is 1. The van der Waals surface area contributed by atoms with Gasteiger partial charge in [0.1, 0.15) is 0 Å². The maximum Gasteiger partial charge on any atom is 0.260 e. The number of nitrogens with zero attached hydrogens (tertiary/aromatic N) is 2. The Morgan fingerprint density at radius 2 is 2.07 bits per heavy atom. The number of rotatable bonds is 5. The third kappa shape index (κ3) is 4.26. The Kier molecular flexibility index (Phi) is 5.65. The Labute approximate surface area is 180 Å². The molecule has 4 rings (SSSR count). The van der Waals surface area contributed by atoms with Crippen molar-refractivity contribution in [3.05, 3.63) is 53.1 Å². The van der Waals surface area contributed by atoms with Gasteiger partial charge in [-0.1, -0.05) is 23.5 Å². The van der Waals surface area contributed by atoms with Gasteiger partial charge < -0.3 is 4.74 Å². The van der Waals surface area contributed by atoms with Crippen LogP contribution >= 0.6 is 11.3 Å². The largest absolute Gasteiger partial charge is 0.376 e. The quantitative estimate of drug-likeness (QED) is 0.591. The zero-order chi connectivity index (χ0) is 21.5. The van der Waals surface area contributed by atoms with E-state index in [2.05, 4.69) is 6.07 Å². The number of carbonyl (C=O) groups excluding carboxylic acids is 1. The lowest BCUT2D eigenvalue weighted by atomic mass is 10.1. The van der Waals surface area contributed by atoms with Crippen LogP contribution in [0.2, 0.25) is 0 Å². The number of hydrogen-bond acceptors (Lipinski definition) is 6. The van der Waals surface area contributed by atoms with Crippen molar-refractivity contribution in [1.82, 2.24) is 4.98 Å². The highest BCUT2D eigenvalue weighted by molar-refractivity contribution is 7.90. The van der Waals surface area contributed by atoms with Crippen molar-refractivity contribution in [1.29, 1.82) is 0 Å². The number of fused-ring (bicyclic) bond motifs is 1. The number of hydrogen-bond donors (Lipinski definition) is 0. The number of ether oxygens (including phenoxy) is 1. The lowest BCUT2D eigenvalue weighted by molar-refractivity contribution is 0.0917. The first-order valence-corrected chi connectivity index (χ1v) is 12.5. The molecule has 1 unspecified atom stereocenters. The molecule has 2 aromatic carbocycles. The second kappa shape index (κ2) is 8.09. The fourth-order valence-corrected chi connectivity index (χ4v) is 5.43. The normalized spacial score (nSPS) is 16.8. The molecule has 0 saturated carbocycles. The summed E-state index contributed by atoms with van der Waals surface area (Å²) in [5.74, 6) is -0.274. The van der Waals surface area contributed by atoms with Gasteiger partial charge in [0.25, 0.3) is 5.91 Å². The summed E-state index contributed by atoms with van der Waals surface area (Å²) in [7, 11) is -3.41. The second-order valence-electron chi connectivity index (χ2n) is 7.78. The van der Waals surface area contributed by atoms with E-state index in [1.54, 1.807) is 17.0 Å². The first-order chi connectivity index (χ1) is 14.2.